The average molecular weight is 682 g/mol. The highest BCUT2D eigenvalue weighted by Gasteiger charge is 2.35. The molecule has 1 aliphatic rings. The number of benzene rings is 3. The summed E-state index contributed by atoms with van der Waals surface area (Å²) < 4.78 is 16.3. The van der Waals surface area contributed by atoms with Crippen LogP contribution in [0.3, 0.4) is 0 Å². The number of carbonyl (C=O) groups is 1. The van der Waals surface area contributed by atoms with E-state index in [1.165, 1.54) is 11.3 Å². The lowest BCUT2D eigenvalue weighted by atomic mass is 9.95. The number of ether oxygens (including phenoxy) is 2. The predicted molar refractivity (Wildman–Crippen MR) is 178 cm³/mol. The number of nitriles is 1. The van der Waals surface area contributed by atoms with Crippen molar-refractivity contribution in [1.82, 2.24) is 9.13 Å². The van der Waals surface area contributed by atoms with Gasteiger partial charge in [-0.15, -0.1) is 0 Å². The van der Waals surface area contributed by atoms with E-state index in [-0.39, 0.29) is 17.2 Å². The molecule has 45 heavy (non-hydrogen) atoms. The Morgan fingerprint density at radius 3 is 2.62 bits per heavy atom. The minimum absolute atomic E-state index is 0.267. The normalized spacial score (nSPS) is 14.8. The number of methoxy groups -OCH3 is 1. The molecule has 3 heterocycles. The number of rotatable bonds is 7. The number of hydrogen-bond acceptors (Lipinski definition) is 7. The van der Waals surface area contributed by atoms with Crippen molar-refractivity contribution in [3.63, 3.8) is 0 Å². The Morgan fingerprint density at radius 1 is 1.16 bits per heavy atom. The van der Waals surface area contributed by atoms with Crippen LogP contribution in [-0.2, 0) is 16.1 Å². The second kappa shape index (κ2) is 12.3. The first kappa shape index (κ1) is 30.3. The maximum absolute atomic E-state index is 14.3. The lowest BCUT2D eigenvalue weighted by Gasteiger charge is -2.26. The summed E-state index contributed by atoms with van der Waals surface area (Å²) in [5, 5.41) is 10.2. The zero-order valence-electron chi connectivity index (χ0n) is 25.1. The molecule has 0 N–H and O–H groups in total. The van der Waals surface area contributed by atoms with Gasteiger partial charge in [0.15, 0.2) is 4.80 Å². The standard InChI is InChI=1S/C35H29BrN4O4S/c1-20(2)44-34(42)31-21(3)38-35-40(32(31)27-16-25(36)13-14-29(27)43-4)33(41)30(45-35)15-24-19-39(28-8-6-5-7-26(24)28)18-23-11-9-22(17-37)10-12-23/h5-16,19-20,32H,18H2,1-4H3/b30-15-/t32-/m0/s1. The van der Waals surface area contributed by atoms with Gasteiger partial charge in [-0.25, -0.2) is 9.79 Å². The molecule has 0 aliphatic carbocycles. The molecule has 0 fully saturated rings. The number of fused-ring (bicyclic) bond motifs is 2. The number of halogens is 1. The smallest absolute Gasteiger partial charge is 0.338 e. The fourth-order valence-electron chi connectivity index (χ4n) is 5.62. The van der Waals surface area contributed by atoms with Crippen LogP contribution in [-0.4, -0.2) is 28.3 Å². The molecule has 8 nitrogen and oxygen atoms in total. The van der Waals surface area contributed by atoms with Crippen molar-refractivity contribution in [2.45, 2.75) is 39.5 Å². The molecule has 226 valence electrons. The quantitative estimate of drug-likeness (QED) is 0.202. The molecular formula is C35H29BrN4O4S. The van der Waals surface area contributed by atoms with Gasteiger partial charge in [0.1, 0.15) is 11.8 Å². The highest BCUT2D eigenvalue weighted by Crippen LogP contribution is 2.37. The zero-order chi connectivity index (χ0) is 31.8. The van der Waals surface area contributed by atoms with Crippen LogP contribution in [0.5, 0.6) is 5.75 Å². The summed E-state index contributed by atoms with van der Waals surface area (Å²) in [5.41, 5.74) is 4.73. The first-order valence-electron chi connectivity index (χ1n) is 14.3. The van der Waals surface area contributed by atoms with Gasteiger partial charge in [-0.2, -0.15) is 5.26 Å². The molecule has 0 amide bonds. The van der Waals surface area contributed by atoms with Gasteiger partial charge in [0.2, 0.25) is 0 Å². The van der Waals surface area contributed by atoms with Crippen LogP contribution in [0.25, 0.3) is 17.0 Å². The van der Waals surface area contributed by atoms with Crippen LogP contribution in [0, 0.1) is 11.3 Å². The Morgan fingerprint density at radius 2 is 1.91 bits per heavy atom. The SMILES string of the molecule is COc1ccc(Br)cc1[C@H]1C(C(=O)OC(C)C)=C(C)N=c2s/c(=C\c3cn(Cc4ccc(C#N)cc4)c4ccccc34)c(=O)n21. The van der Waals surface area contributed by atoms with E-state index < -0.39 is 12.0 Å². The summed E-state index contributed by atoms with van der Waals surface area (Å²) in [6.07, 6.45) is 3.57. The van der Waals surface area contributed by atoms with Crippen molar-refractivity contribution in [1.29, 1.82) is 5.26 Å². The molecule has 2 aromatic heterocycles. The summed E-state index contributed by atoms with van der Waals surface area (Å²) in [5.74, 6) is 0.00614. The third-order valence-corrected chi connectivity index (χ3v) is 9.09. The Kier molecular flexibility index (Phi) is 8.32. The summed E-state index contributed by atoms with van der Waals surface area (Å²) in [7, 11) is 1.56. The summed E-state index contributed by atoms with van der Waals surface area (Å²) in [6.45, 7) is 5.94. The number of carbonyl (C=O) groups excluding carboxylic acids is 1. The minimum atomic E-state index is -0.806. The van der Waals surface area contributed by atoms with Crippen molar-refractivity contribution >= 4 is 50.2 Å². The third-order valence-electron chi connectivity index (χ3n) is 7.61. The van der Waals surface area contributed by atoms with Crippen molar-refractivity contribution < 1.29 is 14.3 Å². The Bertz CT molecular complexity index is 2220. The topological polar surface area (TPSA) is 98.6 Å². The average Bonchev–Trinajstić information content (AvgIpc) is 3.52. The number of para-hydroxylation sites is 1. The first-order chi connectivity index (χ1) is 21.7. The summed E-state index contributed by atoms with van der Waals surface area (Å²) >= 11 is 4.83. The number of aromatic nitrogens is 2. The lowest BCUT2D eigenvalue weighted by Crippen LogP contribution is -2.40. The molecule has 5 aromatic rings. The number of allylic oxidation sites excluding steroid dienone is 1. The van der Waals surface area contributed by atoms with Gasteiger partial charge < -0.3 is 14.0 Å². The Balaban J connectivity index is 1.52. The molecule has 6 rings (SSSR count). The lowest BCUT2D eigenvalue weighted by molar-refractivity contribution is -0.143. The number of thiazole rings is 1. The molecule has 0 saturated heterocycles. The van der Waals surface area contributed by atoms with Gasteiger partial charge in [0.25, 0.3) is 5.56 Å². The van der Waals surface area contributed by atoms with E-state index in [0.717, 1.165) is 26.5 Å². The van der Waals surface area contributed by atoms with Crippen molar-refractivity contribution in [2.75, 3.05) is 7.11 Å². The molecule has 0 spiro atoms. The first-order valence-corrected chi connectivity index (χ1v) is 15.9. The Labute approximate surface area is 271 Å². The summed E-state index contributed by atoms with van der Waals surface area (Å²) in [6, 6.07) is 22.4. The zero-order valence-corrected chi connectivity index (χ0v) is 27.5. The fourth-order valence-corrected chi connectivity index (χ4v) is 7.03. The minimum Gasteiger partial charge on any atom is -0.496 e. The highest BCUT2D eigenvalue weighted by molar-refractivity contribution is 9.10. The molecule has 1 aliphatic heterocycles. The molecule has 10 heteroatoms. The predicted octanol–water partition coefficient (Wildman–Crippen LogP) is 5.83. The van der Waals surface area contributed by atoms with E-state index in [9.17, 15) is 14.9 Å². The van der Waals surface area contributed by atoms with Crippen LogP contribution in [0.15, 0.2) is 98.5 Å². The molecule has 0 radical (unpaired) electrons. The Hall–Kier alpha value is -4.72. The van der Waals surface area contributed by atoms with Gasteiger partial charge in [0.05, 0.1) is 40.6 Å². The van der Waals surface area contributed by atoms with E-state index in [0.29, 0.717) is 38.5 Å². The van der Waals surface area contributed by atoms with Gasteiger partial charge in [-0.05, 0) is 68.8 Å². The second-order valence-electron chi connectivity index (χ2n) is 11.0. The van der Waals surface area contributed by atoms with Crippen LogP contribution in [0.4, 0.5) is 0 Å². The number of nitrogens with zero attached hydrogens (tertiary/aromatic N) is 4. The maximum atomic E-state index is 14.3. The van der Waals surface area contributed by atoms with E-state index in [1.807, 2.05) is 72.9 Å². The monoisotopic (exact) mass is 680 g/mol. The second-order valence-corrected chi connectivity index (χ2v) is 12.9. The summed E-state index contributed by atoms with van der Waals surface area (Å²) in [4.78, 5) is 33.0. The van der Waals surface area contributed by atoms with E-state index in [2.05, 4.69) is 26.6 Å². The van der Waals surface area contributed by atoms with Crippen LogP contribution >= 0.6 is 27.3 Å². The van der Waals surface area contributed by atoms with Crippen LogP contribution in [0.1, 0.15) is 49.1 Å². The molecular weight excluding hydrogens is 652 g/mol. The molecule has 0 bridgehead atoms. The van der Waals surface area contributed by atoms with E-state index in [4.69, 9.17) is 14.5 Å². The van der Waals surface area contributed by atoms with Gasteiger partial charge in [0, 0.05) is 39.2 Å². The fraction of sp³-hybridized carbons (Fsp3) is 0.200. The van der Waals surface area contributed by atoms with Gasteiger partial charge in [-0.3, -0.25) is 9.36 Å². The third kappa shape index (κ3) is 5.77. The number of hydrogen-bond donors (Lipinski definition) is 0. The van der Waals surface area contributed by atoms with Crippen LogP contribution < -0.4 is 19.6 Å². The highest BCUT2D eigenvalue weighted by atomic mass is 79.9. The van der Waals surface area contributed by atoms with Gasteiger partial charge in [-0.1, -0.05) is 57.6 Å². The molecule has 0 saturated carbocycles. The van der Waals surface area contributed by atoms with Crippen molar-refractivity contribution in [3.05, 3.63) is 131 Å². The largest absolute Gasteiger partial charge is 0.496 e. The maximum Gasteiger partial charge on any atom is 0.338 e. The van der Waals surface area contributed by atoms with Crippen molar-refractivity contribution in [2.24, 2.45) is 4.99 Å². The molecule has 3 aromatic carbocycles. The van der Waals surface area contributed by atoms with E-state index in [1.54, 1.807) is 38.5 Å². The number of esters is 1. The van der Waals surface area contributed by atoms with E-state index >= 15 is 0 Å². The van der Waals surface area contributed by atoms with Crippen molar-refractivity contribution in [3.8, 4) is 11.8 Å². The van der Waals surface area contributed by atoms with Gasteiger partial charge >= 0.3 is 5.97 Å². The molecule has 0 unspecified atom stereocenters. The van der Waals surface area contributed by atoms with Crippen LogP contribution in [0.2, 0.25) is 0 Å². The molecule has 1 atom stereocenters.